The molecule has 1 atom stereocenters. The zero-order valence-electron chi connectivity index (χ0n) is 23.3. The lowest BCUT2D eigenvalue weighted by atomic mass is 10.1. The van der Waals surface area contributed by atoms with Gasteiger partial charge in [-0.05, 0) is 43.0 Å². The third-order valence-corrected chi connectivity index (χ3v) is 8.43. The molecule has 0 aliphatic carbocycles. The summed E-state index contributed by atoms with van der Waals surface area (Å²) in [6.07, 6.45) is 2.45. The molecule has 0 saturated carbocycles. The number of sulfonamides is 1. The second-order valence-corrected chi connectivity index (χ2v) is 11.4. The van der Waals surface area contributed by atoms with Crippen LogP contribution in [0.5, 0.6) is 0 Å². The van der Waals surface area contributed by atoms with Gasteiger partial charge in [-0.25, -0.2) is 8.42 Å². The smallest absolute Gasteiger partial charge is 0.271 e. The molecule has 0 aromatic heterocycles. The Kier molecular flexibility index (Phi) is 11.4. The number of nitrogens with zero attached hydrogens (tertiary/aromatic N) is 3. The van der Waals surface area contributed by atoms with Gasteiger partial charge >= 0.3 is 0 Å². The van der Waals surface area contributed by atoms with Crippen molar-refractivity contribution in [2.75, 3.05) is 23.9 Å². The van der Waals surface area contributed by atoms with Crippen molar-refractivity contribution < 1.29 is 22.9 Å². The molecular weight excluding hydrogens is 544 g/mol. The predicted molar refractivity (Wildman–Crippen MR) is 158 cm³/mol. The number of amides is 2. The summed E-state index contributed by atoms with van der Waals surface area (Å²) >= 11 is 0. The van der Waals surface area contributed by atoms with Crippen LogP contribution in [0.4, 0.5) is 11.4 Å². The van der Waals surface area contributed by atoms with Gasteiger partial charge in [-0.1, -0.05) is 74.9 Å². The number of carbonyl (C=O) groups excluding carboxylic acids is 2. The van der Waals surface area contributed by atoms with E-state index in [-0.39, 0.29) is 28.7 Å². The van der Waals surface area contributed by atoms with Gasteiger partial charge in [0, 0.05) is 25.2 Å². The Morgan fingerprint density at radius 2 is 1.61 bits per heavy atom. The molecule has 1 N–H and O–H groups in total. The lowest BCUT2D eigenvalue weighted by molar-refractivity contribution is -0.384. The molecule has 3 aromatic rings. The van der Waals surface area contributed by atoms with E-state index in [1.165, 1.54) is 35.2 Å². The average molecular weight is 581 g/mol. The molecule has 10 nitrogen and oxygen atoms in total. The van der Waals surface area contributed by atoms with Gasteiger partial charge in [-0.15, -0.1) is 0 Å². The summed E-state index contributed by atoms with van der Waals surface area (Å²) in [4.78, 5) is 39.4. The Balaban J connectivity index is 2.01. The maximum absolute atomic E-state index is 14.0. The molecule has 2 amide bonds. The first-order valence-electron chi connectivity index (χ1n) is 13.6. The van der Waals surface area contributed by atoms with Gasteiger partial charge in [0.25, 0.3) is 15.7 Å². The van der Waals surface area contributed by atoms with Crippen molar-refractivity contribution in [2.45, 2.75) is 50.5 Å². The van der Waals surface area contributed by atoms with Crippen molar-refractivity contribution in [1.29, 1.82) is 0 Å². The molecule has 0 bridgehead atoms. The maximum Gasteiger partial charge on any atom is 0.271 e. The van der Waals surface area contributed by atoms with E-state index >= 15 is 0 Å². The molecule has 0 unspecified atom stereocenters. The summed E-state index contributed by atoms with van der Waals surface area (Å²) in [6.45, 7) is 3.80. The Hall–Kier alpha value is -4.25. The van der Waals surface area contributed by atoms with Crippen molar-refractivity contribution >= 4 is 33.2 Å². The molecule has 0 saturated heterocycles. The van der Waals surface area contributed by atoms with Crippen LogP contribution in [0.15, 0.2) is 89.8 Å². The predicted octanol–water partition coefficient (Wildman–Crippen LogP) is 4.56. The maximum atomic E-state index is 14.0. The van der Waals surface area contributed by atoms with Gasteiger partial charge in [-0.2, -0.15) is 0 Å². The number of nitrogens with one attached hydrogen (secondary N) is 1. The molecule has 11 heteroatoms. The minimum Gasteiger partial charge on any atom is -0.354 e. The van der Waals surface area contributed by atoms with E-state index in [0.717, 1.165) is 28.8 Å². The summed E-state index contributed by atoms with van der Waals surface area (Å²) in [5.74, 6) is -0.903. The summed E-state index contributed by atoms with van der Waals surface area (Å²) in [5, 5.41) is 14.4. The van der Waals surface area contributed by atoms with Crippen LogP contribution < -0.4 is 9.62 Å². The molecule has 0 aliphatic heterocycles. The Labute approximate surface area is 241 Å². The van der Waals surface area contributed by atoms with Gasteiger partial charge in [0.2, 0.25) is 11.8 Å². The standard InChI is InChI=1S/C30H36N4O6S/c1-3-5-20-31-30(36)28(4-2)32(21-19-24-13-8-6-9-14-24)29(35)23-33(25-15-12-16-26(22-25)34(37)38)41(39,40)27-17-10-7-11-18-27/h6-18,22,28H,3-5,19-21,23H2,1-2H3,(H,31,36)/t28-/m1/s1. The topological polar surface area (TPSA) is 130 Å². The number of non-ortho nitro benzene ring substituents is 1. The van der Waals surface area contributed by atoms with E-state index in [0.29, 0.717) is 19.4 Å². The highest BCUT2D eigenvalue weighted by Gasteiger charge is 2.33. The van der Waals surface area contributed by atoms with Crippen molar-refractivity contribution in [3.05, 3.63) is 101 Å². The van der Waals surface area contributed by atoms with Crippen molar-refractivity contribution in [1.82, 2.24) is 10.2 Å². The van der Waals surface area contributed by atoms with Crippen molar-refractivity contribution in [3.8, 4) is 0 Å². The second-order valence-electron chi connectivity index (χ2n) is 9.49. The number of hydrogen-bond donors (Lipinski definition) is 1. The molecule has 0 radical (unpaired) electrons. The molecule has 0 aliphatic rings. The first-order chi connectivity index (χ1) is 19.7. The molecule has 0 fully saturated rings. The minimum absolute atomic E-state index is 0.0279. The lowest BCUT2D eigenvalue weighted by Gasteiger charge is -2.33. The molecule has 41 heavy (non-hydrogen) atoms. The molecule has 0 heterocycles. The molecule has 3 rings (SSSR count). The van der Waals surface area contributed by atoms with Crippen molar-refractivity contribution in [3.63, 3.8) is 0 Å². The number of carbonyl (C=O) groups is 2. The Bertz CT molecular complexity index is 1420. The third kappa shape index (κ3) is 8.37. The van der Waals surface area contributed by atoms with Gasteiger partial charge in [0.05, 0.1) is 15.5 Å². The fourth-order valence-electron chi connectivity index (χ4n) is 4.41. The van der Waals surface area contributed by atoms with E-state index < -0.39 is 33.4 Å². The van der Waals surface area contributed by atoms with E-state index in [9.17, 15) is 28.1 Å². The highest BCUT2D eigenvalue weighted by atomic mass is 32.2. The van der Waals surface area contributed by atoms with Gasteiger partial charge < -0.3 is 10.2 Å². The number of nitro benzene ring substituents is 1. The van der Waals surface area contributed by atoms with Crippen LogP contribution in [0.25, 0.3) is 0 Å². The van der Waals surface area contributed by atoms with E-state index in [1.54, 1.807) is 25.1 Å². The van der Waals surface area contributed by atoms with Crippen LogP contribution in [0, 0.1) is 10.1 Å². The van der Waals surface area contributed by atoms with Crippen molar-refractivity contribution in [2.24, 2.45) is 0 Å². The number of rotatable bonds is 15. The summed E-state index contributed by atoms with van der Waals surface area (Å²) < 4.78 is 28.5. The number of unbranched alkanes of at least 4 members (excludes halogenated alkanes) is 1. The largest absolute Gasteiger partial charge is 0.354 e. The normalized spacial score (nSPS) is 11.9. The monoisotopic (exact) mass is 580 g/mol. The summed E-state index contributed by atoms with van der Waals surface area (Å²) in [5.41, 5.74) is 0.615. The third-order valence-electron chi connectivity index (χ3n) is 6.64. The molecule has 0 spiro atoms. The first-order valence-corrected chi connectivity index (χ1v) is 15.1. The molecule has 3 aromatic carbocycles. The fraction of sp³-hybridized carbons (Fsp3) is 0.333. The highest BCUT2D eigenvalue weighted by molar-refractivity contribution is 7.92. The number of benzene rings is 3. The molecule has 218 valence electrons. The Morgan fingerprint density at radius 1 is 0.951 bits per heavy atom. The van der Waals surface area contributed by atoms with Crippen LogP contribution in [-0.4, -0.2) is 55.7 Å². The summed E-state index contributed by atoms with van der Waals surface area (Å²) in [6, 6.07) is 21.4. The van der Waals surface area contributed by atoms with E-state index in [2.05, 4.69) is 5.32 Å². The van der Waals surface area contributed by atoms with Gasteiger partial charge in [0.1, 0.15) is 12.6 Å². The quantitative estimate of drug-likeness (QED) is 0.159. The lowest BCUT2D eigenvalue weighted by Crippen LogP contribution is -2.53. The van der Waals surface area contributed by atoms with Gasteiger partial charge in [0.15, 0.2) is 0 Å². The zero-order valence-corrected chi connectivity index (χ0v) is 24.1. The van der Waals surface area contributed by atoms with Crippen LogP contribution in [0.2, 0.25) is 0 Å². The number of nitro groups is 1. The van der Waals surface area contributed by atoms with Gasteiger partial charge in [-0.3, -0.25) is 24.0 Å². The van der Waals surface area contributed by atoms with E-state index in [1.807, 2.05) is 37.3 Å². The van der Waals surface area contributed by atoms with Crippen LogP contribution in [0.3, 0.4) is 0 Å². The Morgan fingerprint density at radius 3 is 2.22 bits per heavy atom. The fourth-order valence-corrected chi connectivity index (χ4v) is 5.84. The first kappa shape index (κ1) is 31.3. The van der Waals surface area contributed by atoms with Crippen LogP contribution in [-0.2, 0) is 26.0 Å². The molecular formula is C30H36N4O6S. The van der Waals surface area contributed by atoms with E-state index in [4.69, 9.17) is 0 Å². The number of anilines is 1. The highest BCUT2D eigenvalue weighted by Crippen LogP contribution is 2.27. The second kappa shape index (κ2) is 14.9. The minimum atomic E-state index is -4.30. The van der Waals surface area contributed by atoms with Crippen LogP contribution in [0.1, 0.15) is 38.7 Å². The zero-order chi connectivity index (χ0) is 29.8. The van der Waals surface area contributed by atoms with Crippen LogP contribution >= 0.6 is 0 Å². The SMILES string of the molecule is CCCCNC(=O)[C@@H](CC)N(CCc1ccccc1)C(=O)CN(c1cccc([N+](=O)[O-])c1)S(=O)(=O)c1ccccc1. The number of hydrogen-bond acceptors (Lipinski definition) is 6. The average Bonchev–Trinajstić information content (AvgIpc) is 2.98. The summed E-state index contributed by atoms with van der Waals surface area (Å²) in [7, 11) is -4.30.